The molecule has 0 spiro atoms. The van der Waals surface area contributed by atoms with E-state index in [-0.39, 0.29) is 12.0 Å². The smallest absolute Gasteiger partial charge is 0.238 e. The van der Waals surface area contributed by atoms with E-state index in [4.69, 9.17) is 4.52 Å². The lowest BCUT2D eigenvalue weighted by Crippen LogP contribution is -2.32. The van der Waals surface area contributed by atoms with Crippen LogP contribution < -0.4 is 5.32 Å². The Morgan fingerprint density at radius 2 is 2.05 bits per heavy atom. The van der Waals surface area contributed by atoms with Gasteiger partial charge in [-0.05, 0) is 19.9 Å². The van der Waals surface area contributed by atoms with Crippen LogP contribution in [0.2, 0.25) is 0 Å². The number of hydrogen-bond donors (Lipinski definition) is 1. The number of rotatable bonds is 5. The van der Waals surface area contributed by atoms with Crippen LogP contribution in [0.4, 0.5) is 0 Å². The van der Waals surface area contributed by atoms with Crippen molar-refractivity contribution in [1.29, 1.82) is 0 Å². The standard InChI is InChI=1S/C13H21N5O/c1-8(2)10(9(3)14-4)13-16-11(17-19-13)12-15-6-7-18(12)5/h6-10,14H,1-5H3. The average Bonchev–Trinajstić information content (AvgIpc) is 2.97. The molecule has 0 saturated heterocycles. The molecule has 2 aromatic heterocycles. The van der Waals surface area contributed by atoms with Crippen molar-refractivity contribution in [2.75, 3.05) is 7.05 Å². The van der Waals surface area contributed by atoms with Crippen molar-refractivity contribution in [3.05, 3.63) is 18.3 Å². The molecule has 0 amide bonds. The molecule has 0 aliphatic rings. The van der Waals surface area contributed by atoms with E-state index in [1.54, 1.807) is 6.20 Å². The van der Waals surface area contributed by atoms with Gasteiger partial charge in [0.1, 0.15) is 0 Å². The summed E-state index contributed by atoms with van der Waals surface area (Å²) in [4.78, 5) is 8.73. The van der Waals surface area contributed by atoms with Crippen LogP contribution in [0.25, 0.3) is 11.6 Å². The molecule has 0 aliphatic carbocycles. The van der Waals surface area contributed by atoms with Crippen LogP contribution in [0.1, 0.15) is 32.6 Å². The van der Waals surface area contributed by atoms with Gasteiger partial charge in [0.05, 0.1) is 5.92 Å². The Morgan fingerprint density at radius 3 is 2.58 bits per heavy atom. The molecule has 19 heavy (non-hydrogen) atoms. The molecule has 0 aromatic carbocycles. The van der Waals surface area contributed by atoms with Crippen molar-refractivity contribution < 1.29 is 4.52 Å². The van der Waals surface area contributed by atoms with Gasteiger partial charge in [-0.2, -0.15) is 4.98 Å². The molecule has 2 unspecified atom stereocenters. The predicted molar refractivity (Wildman–Crippen MR) is 72.6 cm³/mol. The zero-order valence-electron chi connectivity index (χ0n) is 12.1. The molecule has 0 bridgehead atoms. The maximum atomic E-state index is 5.44. The maximum absolute atomic E-state index is 5.44. The van der Waals surface area contributed by atoms with Gasteiger partial charge in [-0.15, -0.1) is 0 Å². The summed E-state index contributed by atoms with van der Waals surface area (Å²) in [7, 11) is 3.85. The van der Waals surface area contributed by atoms with Crippen molar-refractivity contribution in [2.24, 2.45) is 13.0 Å². The Kier molecular flexibility index (Phi) is 3.99. The number of hydrogen-bond acceptors (Lipinski definition) is 5. The summed E-state index contributed by atoms with van der Waals surface area (Å²) in [5, 5.41) is 7.29. The first kappa shape index (κ1) is 13.7. The van der Waals surface area contributed by atoms with Gasteiger partial charge in [-0.3, -0.25) is 0 Å². The highest BCUT2D eigenvalue weighted by atomic mass is 16.5. The average molecular weight is 263 g/mol. The van der Waals surface area contributed by atoms with E-state index in [9.17, 15) is 0 Å². The van der Waals surface area contributed by atoms with Gasteiger partial charge in [-0.25, -0.2) is 4.98 Å². The van der Waals surface area contributed by atoms with Crippen molar-refractivity contribution in [3.63, 3.8) is 0 Å². The summed E-state index contributed by atoms with van der Waals surface area (Å²) in [5.74, 6) is 2.52. The van der Waals surface area contributed by atoms with E-state index in [1.807, 2.05) is 24.9 Å². The highest BCUT2D eigenvalue weighted by Crippen LogP contribution is 2.27. The zero-order chi connectivity index (χ0) is 14.0. The molecule has 104 valence electrons. The molecule has 0 radical (unpaired) electrons. The fourth-order valence-electron chi connectivity index (χ4n) is 2.30. The maximum Gasteiger partial charge on any atom is 0.238 e. The summed E-state index contributed by atoms with van der Waals surface area (Å²) >= 11 is 0. The molecule has 6 nitrogen and oxygen atoms in total. The Labute approximate surface area is 113 Å². The second kappa shape index (κ2) is 5.52. The normalized spacial score (nSPS) is 14.8. The van der Waals surface area contributed by atoms with Crippen LogP contribution in [-0.4, -0.2) is 32.8 Å². The number of imidazole rings is 1. The predicted octanol–water partition coefficient (Wildman–Crippen LogP) is 1.82. The summed E-state index contributed by atoms with van der Waals surface area (Å²) in [5.41, 5.74) is 0. The van der Waals surface area contributed by atoms with Crippen LogP contribution in [0.5, 0.6) is 0 Å². The van der Waals surface area contributed by atoms with E-state index < -0.39 is 0 Å². The lowest BCUT2D eigenvalue weighted by molar-refractivity contribution is 0.286. The largest absolute Gasteiger partial charge is 0.338 e. The highest BCUT2D eigenvalue weighted by molar-refractivity contribution is 5.42. The topological polar surface area (TPSA) is 68.8 Å². The summed E-state index contributed by atoms with van der Waals surface area (Å²) < 4.78 is 7.31. The molecule has 1 N–H and O–H groups in total. The van der Waals surface area contributed by atoms with E-state index in [1.165, 1.54) is 0 Å². The van der Waals surface area contributed by atoms with E-state index in [0.29, 0.717) is 17.6 Å². The lowest BCUT2D eigenvalue weighted by atomic mass is 9.89. The Hall–Kier alpha value is -1.69. The third-order valence-corrected chi connectivity index (χ3v) is 3.46. The third-order valence-electron chi connectivity index (χ3n) is 3.46. The quantitative estimate of drug-likeness (QED) is 0.891. The molecule has 2 rings (SSSR count). The minimum absolute atomic E-state index is 0.187. The van der Waals surface area contributed by atoms with Gasteiger partial charge in [0.2, 0.25) is 11.7 Å². The van der Waals surface area contributed by atoms with Crippen molar-refractivity contribution in [3.8, 4) is 11.6 Å². The Morgan fingerprint density at radius 1 is 1.32 bits per heavy atom. The molecular weight excluding hydrogens is 242 g/mol. The first-order valence-corrected chi connectivity index (χ1v) is 6.53. The number of nitrogens with one attached hydrogen (secondary N) is 1. The van der Waals surface area contributed by atoms with Gasteiger partial charge < -0.3 is 14.4 Å². The summed E-state index contributed by atoms with van der Waals surface area (Å²) in [6.45, 7) is 6.43. The van der Waals surface area contributed by atoms with Crippen molar-refractivity contribution in [2.45, 2.75) is 32.7 Å². The fraction of sp³-hybridized carbons (Fsp3) is 0.615. The summed E-state index contributed by atoms with van der Waals surface area (Å²) in [6.07, 6.45) is 3.59. The third kappa shape index (κ3) is 2.68. The highest BCUT2D eigenvalue weighted by Gasteiger charge is 2.28. The molecule has 2 atom stereocenters. The molecule has 0 saturated carbocycles. The zero-order valence-corrected chi connectivity index (χ0v) is 12.1. The fourth-order valence-corrected chi connectivity index (χ4v) is 2.30. The van der Waals surface area contributed by atoms with Crippen LogP contribution in [-0.2, 0) is 7.05 Å². The molecule has 0 aliphatic heterocycles. The molecule has 2 aromatic rings. The SMILES string of the molecule is CNC(C)C(c1nc(-c2nccn2C)no1)C(C)C. The van der Waals surface area contributed by atoms with E-state index in [2.05, 4.69) is 41.2 Å². The Balaban J connectivity index is 2.31. The van der Waals surface area contributed by atoms with Crippen LogP contribution in [0.15, 0.2) is 16.9 Å². The molecular formula is C13H21N5O. The number of nitrogens with zero attached hydrogens (tertiary/aromatic N) is 4. The second-order valence-corrected chi connectivity index (χ2v) is 5.17. The molecule has 2 heterocycles. The summed E-state index contributed by atoms with van der Waals surface area (Å²) in [6, 6.07) is 0.273. The van der Waals surface area contributed by atoms with Crippen LogP contribution >= 0.6 is 0 Å². The molecule has 6 heteroatoms. The van der Waals surface area contributed by atoms with Crippen molar-refractivity contribution >= 4 is 0 Å². The van der Waals surface area contributed by atoms with E-state index in [0.717, 1.165) is 5.82 Å². The van der Waals surface area contributed by atoms with Crippen LogP contribution in [0.3, 0.4) is 0 Å². The number of aromatic nitrogens is 4. The number of aryl methyl sites for hydroxylation is 1. The molecule has 0 fully saturated rings. The van der Waals surface area contributed by atoms with Crippen LogP contribution in [0, 0.1) is 5.92 Å². The van der Waals surface area contributed by atoms with Gasteiger partial charge in [0, 0.05) is 25.5 Å². The van der Waals surface area contributed by atoms with E-state index >= 15 is 0 Å². The first-order valence-electron chi connectivity index (χ1n) is 6.53. The monoisotopic (exact) mass is 263 g/mol. The number of likely N-dealkylation sites (N-methyl/N-ethyl adjacent to an activating group) is 1. The van der Waals surface area contributed by atoms with Gasteiger partial charge in [0.25, 0.3) is 0 Å². The minimum atomic E-state index is 0.187. The van der Waals surface area contributed by atoms with Gasteiger partial charge >= 0.3 is 0 Å². The second-order valence-electron chi connectivity index (χ2n) is 5.17. The lowest BCUT2D eigenvalue weighted by Gasteiger charge is -2.23. The minimum Gasteiger partial charge on any atom is -0.338 e. The van der Waals surface area contributed by atoms with Crippen molar-refractivity contribution in [1.82, 2.24) is 25.0 Å². The van der Waals surface area contributed by atoms with Gasteiger partial charge in [0.15, 0.2) is 5.82 Å². The Bertz CT molecular complexity index is 531. The first-order chi connectivity index (χ1) is 9.04. The van der Waals surface area contributed by atoms with Gasteiger partial charge in [-0.1, -0.05) is 19.0 Å².